The van der Waals surface area contributed by atoms with Crippen LogP contribution in [0.1, 0.15) is 30.0 Å². The third-order valence-corrected chi connectivity index (χ3v) is 6.19. The monoisotopic (exact) mass is 338 g/mol. The van der Waals surface area contributed by atoms with Crippen LogP contribution in [0.3, 0.4) is 0 Å². The van der Waals surface area contributed by atoms with Gasteiger partial charge < -0.3 is 15.0 Å². The zero-order valence-electron chi connectivity index (χ0n) is 15.2. The highest BCUT2D eigenvalue weighted by atomic mass is 16.5. The minimum Gasteiger partial charge on any atom is -0.497 e. The molecule has 2 aromatic rings. The molecule has 0 aliphatic carbocycles. The van der Waals surface area contributed by atoms with Crippen LogP contribution >= 0.6 is 0 Å². The first-order valence-corrected chi connectivity index (χ1v) is 9.68. The van der Waals surface area contributed by atoms with Crippen molar-refractivity contribution in [2.45, 2.75) is 31.3 Å². The minimum atomic E-state index is 0.484. The van der Waals surface area contributed by atoms with Crippen LogP contribution in [0.15, 0.2) is 54.6 Å². The van der Waals surface area contributed by atoms with Gasteiger partial charge in [-0.15, -0.1) is 0 Å². The van der Waals surface area contributed by atoms with Gasteiger partial charge in [-0.2, -0.15) is 0 Å². The number of hydrogen-bond acceptors (Lipinski definition) is 1. The van der Waals surface area contributed by atoms with Crippen molar-refractivity contribution >= 4 is 0 Å². The molecule has 3 N–H and O–H groups in total. The van der Waals surface area contributed by atoms with Gasteiger partial charge in [0, 0.05) is 30.7 Å². The Morgan fingerprint density at radius 3 is 2.36 bits per heavy atom. The molecule has 0 saturated carbocycles. The topological polar surface area (TPSA) is 30.3 Å². The van der Waals surface area contributed by atoms with Crippen LogP contribution in [0.2, 0.25) is 0 Å². The fraction of sp³-hybridized carbons (Fsp3) is 0.455. The molecular formula is C22H30N2O+2. The van der Waals surface area contributed by atoms with E-state index in [9.17, 15) is 0 Å². The molecule has 25 heavy (non-hydrogen) atoms. The van der Waals surface area contributed by atoms with Crippen molar-refractivity contribution in [3.05, 3.63) is 65.7 Å². The molecule has 0 aromatic heterocycles. The second-order valence-corrected chi connectivity index (χ2v) is 7.72. The maximum Gasteiger partial charge on any atom is 0.139 e. The summed E-state index contributed by atoms with van der Waals surface area (Å²) in [4.78, 5) is 1.82. The van der Waals surface area contributed by atoms with E-state index in [1.807, 2.05) is 4.90 Å². The second-order valence-electron chi connectivity index (χ2n) is 7.72. The van der Waals surface area contributed by atoms with Gasteiger partial charge in [0.1, 0.15) is 24.4 Å². The SMILES string of the molecule is COc1ccc([C@@H](Cc2ccccc2)[NH2+][C@@H]2C[NH+]3CCC2CC3)cc1. The number of benzene rings is 2. The molecule has 2 bridgehead atoms. The Balaban J connectivity index is 1.54. The number of rotatable bonds is 6. The van der Waals surface area contributed by atoms with Gasteiger partial charge >= 0.3 is 0 Å². The number of nitrogens with one attached hydrogen (secondary N) is 1. The van der Waals surface area contributed by atoms with E-state index >= 15 is 0 Å². The van der Waals surface area contributed by atoms with E-state index in [1.54, 1.807) is 7.11 Å². The van der Waals surface area contributed by atoms with Crippen molar-refractivity contribution in [2.75, 3.05) is 26.7 Å². The maximum absolute atomic E-state index is 5.34. The predicted octanol–water partition coefficient (Wildman–Crippen LogP) is 1.22. The van der Waals surface area contributed by atoms with Crippen molar-refractivity contribution < 1.29 is 15.0 Å². The highest BCUT2D eigenvalue weighted by Gasteiger charge is 2.41. The van der Waals surface area contributed by atoms with Gasteiger partial charge in [0.15, 0.2) is 0 Å². The van der Waals surface area contributed by atoms with Gasteiger partial charge in [-0.25, -0.2) is 0 Å². The van der Waals surface area contributed by atoms with Crippen LogP contribution in [0.25, 0.3) is 0 Å². The van der Waals surface area contributed by atoms with Crippen LogP contribution < -0.4 is 15.0 Å². The summed E-state index contributed by atoms with van der Waals surface area (Å²) in [6.07, 6.45) is 3.92. The molecule has 0 radical (unpaired) electrons. The molecule has 5 rings (SSSR count). The van der Waals surface area contributed by atoms with Crippen molar-refractivity contribution in [3.8, 4) is 5.75 Å². The molecule has 132 valence electrons. The molecule has 0 unspecified atom stereocenters. The average Bonchev–Trinajstić information content (AvgIpc) is 2.69. The molecule has 0 spiro atoms. The first-order valence-electron chi connectivity index (χ1n) is 9.68. The van der Waals surface area contributed by atoms with Crippen LogP contribution in [0.5, 0.6) is 5.75 Å². The summed E-state index contributed by atoms with van der Waals surface area (Å²) in [6.45, 7) is 4.12. The number of hydrogen-bond donors (Lipinski definition) is 2. The number of methoxy groups -OCH3 is 1. The Morgan fingerprint density at radius 1 is 1.04 bits per heavy atom. The third kappa shape index (κ3) is 3.88. The van der Waals surface area contributed by atoms with Gasteiger partial charge in [-0.3, -0.25) is 0 Å². The fourth-order valence-corrected chi connectivity index (χ4v) is 4.72. The summed E-state index contributed by atoms with van der Waals surface area (Å²) in [5.41, 5.74) is 2.84. The van der Waals surface area contributed by atoms with Crippen LogP contribution in [-0.2, 0) is 6.42 Å². The Bertz CT molecular complexity index is 662. The second kappa shape index (κ2) is 7.59. The highest BCUT2D eigenvalue weighted by molar-refractivity contribution is 5.29. The average molecular weight is 338 g/mol. The maximum atomic E-state index is 5.34. The first kappa shape index (κ1) is 16.6. The van der Waals surface area contributed by atoms with Gasteiger partial charge in [0.25, 0.3) is 0 Å². The zero-order valence-corrected chi connectivity index (χ0v) is 15.2. The van der Waals surface area contributed by atoms with E-state index in [-0.39, 0.29) is 0 Å². The number of nitrogens with two attached hydrogens (primary N) is 1. The van der Waals surface area contributed by atoms with Crippen LogP contribution in [-0.4, -0.2) is 32.8 Å². The normalized spacial score (nSPS) is 26.4. The van der Waals surface area contributed by atoms with Gasteiger partial charge in [0.2, 0.25) is 0 Å². The van der Waals surface area contributed by atoms with E-state index in [2.05, 4.69) is 59.9 Å². The van der Waals surface area contributed by atoms with E-state index < -0.39 is 0 Å². The molecule has 3 nitrogen and oxygen atoms in total. The van der Waals surface area contributed by atoms with E-state index in [1.165, 1.54) is 43.6 Å². The Kier molecular flexibility index (Phi) is 5.04. The van der Waals surface area contributed by atoms with Crippen molar-refractivity contribution in [2.24, 2.45) is 5.92 Å². The van der Waals surface area contributed by atoms with E-state index in [4.69, 9.17) is 4.74 Å². The lowest BCUT2D eigenvalue weighted by Gasteiger charge is -2.41. The van der Waals surface area contributed by atoms with E-state index in [0.717, 1.165) is 24.1 Å². The Morgan fingerprint density at radius 2 is 1.76 bits per heavy atom. The molecular weight excluding hydrogens is 308 g/mol. The Labute approximate surface area is 151 Å². The highest BCUT2D eigenvalue weighted by Crippen LogP contribution is 2.21. The Hall–Kier alpha value is -1.84. The van der Waals surface area contributed by atoms with Gasteiger partial charge in [0.05, 0.1) is 20.2 Å². The summed E-state index contributed by atoms with van der Waals surface area (Å²) in [7, 11) is 1.73. The minimum absolute atomic E-state index is 0.484. The number of ether oxygens (including phenoxy) is 1. The summed E-state index contributed by atoms with van der Waals surface area (Å²) >= 11 is 0. The van der Waals surface area contributed by atoms with E-state index in [0.29, 0.717) is 6.04 Å². The summed E-state index contributed by atoms with van der Waals surface area (Å²) in [5, 5.41) is 2.68. The number of quaternary nitrogens is 2. The van der Waals surface area contributed by atoms with Gasteiger partial charge in [-0.05, 0) is 29.8 Å². The predicted molar refractivity (Wildman–Crippen MR) is 99.9 cm³/mol. The summed E-state index contributed by atoms with van der Waals surface area (Å²) in [5.74, 6) is 1.85. The zero-order chi connectivity index (χ0) is 17.1. The van der Waals surface area contributed by atoms with Crippen molar-refractivity contribution in [1.82, 2.24) is 0 Å². The molecule has 3 fully saturated rings. The first-order chi connectivity index (χ1) is 12.3. The molecule has 3 aliphatic rings. The molecule has 3 heteroatoms. The number of piperidine rings is 3. The summed E-state index contributed by atoms with van der Waals surface area (Å²) in [6, 6.07) is 20.9. The van der Waals surface area contributed by atoms with Crippen molar-refractivity contribution in [3.63, 3.8) is 0 Å². The van der Waals surface area contributed by atoms with Crippen LogP contribution in [0.4, 0.5) is 0 Å². The number of fused-ring (bicyclic) bond motifs is 3. The van der Waals surface area contributed by atoms with Gasteiger partial charge in [-0.1, -0.05) is 30.3 Å². The quantitative estimate of drug-likeness (QED) is 0.815. The third-order valence-electron chi connectivity index (χ3n) is 6.19. The molecule has 3 saturated heterocycles. The lowest BCUT2D eigenvalue weighted by atomic mass is 9.83. The smallest absolute Gasteiger partial charge is 0.139 e. The molecule has 3 heterocycles. The fourth-order valence-electron chi connectivity index (χ4n) is 4.72. The largest absolute Gasteiger partial charge is 0.497 e. The molecule has 0 amide bonds. The van der Waals surface area contributed by atoms with Crippen molar-refractivity contribution in [1.29, 1.82) is 0 Å². The molecule has 2 atom stereocenters. The molecule has 2 aromatic carbocycles. The summed E-state index contributed by atoms with van der Waals surface area (Å²) < 4.78 is 5.34. The lowest BCUT2D eigenvalue weighted by molar-refractivity contribution is -0.945. The molecule has 3 aliphatic heterocycles. The van der Waals surface area contributed by atoms with Crippen LogP contribution in [0, 0.1) is 5.92 Å². The lowest BCUT2D eigenvalue weighted by Crippen LogP contribution is -3.20. The standard InChI is InChI=1S/C22H28N2O/c1-25-20-9-7-18(8-10-20)21(15-17-5-3-2-4-6-17)23-22-16-24-13-11-19(22)12-14-24/h2-10,19,21-23H,11-16H2,1H3/p+2/t21-,22-/m1/s1.